The molecule has 110 valence electrons. The number of aromatic nitrogens is 1. The van der Waals surface area contributed by atoms with Gasteiger partial charge in [-0.3, -0.25) is 0 Å². The number of carbonyl (C=O) groups is 1. The Morgan fingerprint density at radius 2 is 2.19 bits per heavy atom. The Hall–Kier alpha value is -2.50. The number of aromatic carboxylic acids is 1. The molecule has 6 heteroatoms. The predicted octanol–water partition coefficient (Wildman–Crippen LogP) is 2.59. The first-order chi connectivity index (χ1) is 10.2. The zero-order valence-electron chi connectivity index (χ0n) is 11.6. The van der Waals surface area contributed by atoms with Crippen LogP contribution in [0, 0.1) is 0 Å². The molecule has 0 spiro atoms. The molecule has 1 aliphatic rings. The Bertz CT molecular complexity index is 615. The number of nitrogens with one attached hydrogen (secondary N) is 1. The highest BCUT2D eigenvalue weighted by Gasteiger charge is 2.13. The fourth-order valence-corrected chi connectivity index (χ4v) is 2.40. The summed E-state index contributed by atoms with van der Waals surface area (Å²) in [6, 6.07) is 5.49. The topological polar surface area (TPSA) is 78.6 Å². The summed E-state index contributed by atoms with van der Waals surface area (Å²) in [6.45, 7) is 2.58. The van der Waals surface area contributed by atoms with Crippen LogP contribution >= 0.6 is 0 Å². The van der Waals surface area contributed by atoms with Gasteiger partial charge in [0.15, 0.2) is 0 Å². The molecule has 0 aromatic carbocycles. The lowest BCUT2D eigenvalue weighted by Gasteiger charge is -2.16. The molecule has 0 amide bonds. The van der Waals surface area contributed by atoms with Gasteiger partial charge in [0.2, 0.25) is 0 Å². The molecule has 0 bridgehead atoms. The van der Waals surface area contributed by atoms with E-state index >= 15 is 0 Å². The van der Waals surface area contributed by atoms with Gasteiger partial charge in [0.25, 0.3) is 0 Å². The smallest absolute Gasteiger partial charge is 0.338 e. The van der Waals surface area contributed by atoms with E-state index in [9.17, 15) is 4.79 Å². The Kier molecular flexibility index (Phi) is 3.77. The van der Waals surface area contributed by atoms with Crippen LogP contribution in [-0.4, -0.2) is 29.1 Å². The number of rotatable bonds is 5. The number of nitrogens with zero attached hydrogens (tertiary/aromatic N) is 2. The molecule has 1 saturated heterocycles. The van der Waals surface area contributed by atoms with Crippen LogP contribution < -0.4 is 10.2 Å². The molecule has 0 radical (unpaired) electrons. The van der Waals surface area contributed by atoms with Crippen LogP contribution in [0.15, 0.2) is 35.1 Å². The van der Waals surface area contributed by atoms with Crippen LogP contribution in [0.3, 0.4) is 0 Å². The molecule has 21 heavy (non-hydrogen) atoms. The zero-order chi connectivity index (χ0) is 14.7. The summed E-state index contributed by atoms with van der Waals surface area (Å²) in [5, 5.41) is 12.0. The largest absolute Gasteiger partial charge is 0.478 e. The van der Waals surface area contributed by atoms with Crippen molar-refractivity contribution in [2.24, 2.45) is 0 Å². The second kappa shape index (κ2) is 5.87. The average molecular weight is 287 g/mol. The van der Waals surface area contributed by atoms with Gasteiger partial charge in [0.1, 0.15) is 17.8 Å². The van der Waals surface area contributed by atoms with Gasteiger partial charge in [-0.1, -0.05) is 0 Å². The van der Waals surface area contributed by atoms with Crippen molar-refractivity contribution >= 4 is 17.5 Å². The van der Waals surface area contributed by atoms with Crippen LogP contribution in [-0.2, 0) is 6.54 Å². The van der Waals surface area contributed by atoms with Gasteiger partial charge in [-0.2, -0.15) is 0 Å². The van der Waals surface area contributed by atoms with E-state index in [-0.39, 0.29) is 5.56 Å². The number of hydrogen-bond acceptors (Lipinski definition) is 5. The van der Waals surface area contributed by atoms with Gasteiger partial charge in [-0.05, 0) is 31.0 Å². The van der Waals surface area contributed by atoms with Crippen LogP contribution in [0.25, 0.3) is 0 Å². The van der Waals surface area contributed by atoms with Crippen molar-refractivity contribution < 1.29 is 14.3 Å². The molecule has 1 aliphatic heterocycles. The number of anilines is 2. The third-order valence-corrected chi connectivity index (χ3v) is 3.55. The first-order valence-corrected chi connectivity index (χ1v) is 6.98. The van der Waals surface area contributed by atoms with E-state index < -0.39 is 5.97 Å². The quantitative estimate of drug-likeness (QED) is 0.880. The van der Waals surface area contributed by atoms with E-state index in [2.05, 4.69) is 15.2 Å². The summed E-state index contributed by atoms with van der Waals surface area (Å²) in [6.07, 6.45) is 5.49. The molecule has 0 atom stereocenters. The van der Waals surface area contributed by atoms with Gasteiger partial charge < -0.3 is 19.7 Å². The van der Waals surface area contributed by atoms with Crippen LogP contribution in [0.1, 0.15) is 29.0 Å². The molecular weight excluding hydrogens is 270 g/mol. The first-order valence-electron chi connectivity index (χ1n) is 6.98. The average Bonchev–Trinajstić information content (AvgIpc) is 3.17. The molecular formula is C15H17N3O3. The number of hydrogen-bond donors (Lipinski definition) is 2. The van der Waals surface area contributed by atoms with E-state index in [1.54, 1.807) is 6.20 Å². The maximum atomic E-state index is 10.8. The van der Waals surface area contributed by atoms with Crippen molar-refractivity contribution in [3.8, 4) is 0 Å². The van der Waals surface area contributed by atoms with Crippen molar-refractivity contribution in [3.63, 3.8) is 0 Å². The Balaban J connectivity index is 1.58. The van der Waals surface area contributed by atoms with Gasteiger partial charge in [-0.15, -0.1) is 0 Å². The Morgan fingerprint density at radius 1 is 1.38 bits per heavy atom. The molecule has 2 aromatic heterocycles. The lowest BCUT2D eigenvalue weighted by atomic mass is 10.3. The summed E-state index contributed by atoms with van der Waals surface area (Å²) in [4.78, 5) is 17.5. The molecule has 1 fully saturated rings. The maximum absolute atomic E-state index is 10.8. The molecule has 6 nitrogen and oxygen atoms in total. The van der Waals surface area contributed by atoms with Crippen molar-refractivity contribution in [1.29, 1.82) is 0 Å². The fraction of sp³-hybridized carbons (Fsp3) is 0.333. The lowest BCUT2D eigenvalue weighted by molar-refractivity contribution is 0.0696. The third-order valence-electron chi connectivity index (χ3n) is 3.55. The van der Waals surface area contributed by atoms with Crippen molar-refractivity contribution in [2.75, 3.05) is 23.3 Å². The second-order valence-electron chi connectivity index (χ2n) is 5.06. The molecule has 2 N–H and O–H groups in total. The highest BCUT2D eigenvalue weighted by atomic mass is 16.4. The predicted molar refractivity (Wildman–Crippen MR) is 78.7 cm³/mol. The standard InChI is InChI=1S/C15H17N3O3/c19-15(20)11-7-13(21-10-11)9-16-12-3-4-14(17-8-12)18-5-1-2-6-18/h3-4,7-8,10,16H,1-2,5-6,9H2,(H,19,20). The fourth-order valence-electron chi connectivity index (χ4n) is 2.40. The number of carboxylic acids is 1. The second-order valence-corrected chi connectivity index (χ2v) is 5.06. The molecule has 3 heterocycles. The number of furan rings is 1. The monoisotopic (exact) mass is 287 g/mol. The molecule has 3 rings (SSSR count). The Morgan fingerprint density at radius 3 is 2.81 bits per heavy atom. The first kappa shape index (κ1) is 13.5. The molecule has 0 saturated carbocycles. The highest BCUT2D eigenvalue weighted by molar-refractivity contribution is 5.87. The van der Waals surface area contributed by atoms with Crippen molar-refractivity contribution in [2.45, 2.75) is 19.4 Å². The molecule has 0 unspecified atom stereocenters. The van der Waals surface area contributed by atoms with E-state index in [0.29, 0.717) is 12.3 Å². The van der Waals surface area contributed by atoms with Crippen molar-refractivity contribution in [1.82, 2.24) is 4.98 Å². The van der Waals surface area contributed by atoms with Crippen LogP contribution in [0.4, 0.5) is 11.5 Å². The minimum Gasteiger partial charge on any atom is -0.478 e. The zero-order valence-corrected chi connectivity index (χ0v) is 11.6. The van der Waals surface area contributed by atoms with Crippen LogP contribution in [0.2, 0.25) is 0 Å². The summed E-state index contributed by atoms with van der Waals surface area (Å²) in [5.41, 5.74) is 1.04. The van der Waals surface area contributed by atoms with E-state index in [4.69, 9.17) is 9.52 Å². The summed E-state index contributed by atoms with van der Waals surface area (Å²) in [7, 11) is 0. The van der Waals surface area contributed by atoms with E-state index in [1.165, 1.54) is 25.2 Å². The van der Waals surface area contributed by atoms with E-state index in [0.717, 1.165) is 24.6 Å². The van der Waals surface area contributed by atoms with Gasteiger partial charge in [-0.25, -0.2) is 9.78 Å². The molecule has 2 aromatic rings. The molecule has 0 aliphatic carbocycles. The summed E-state index contributed by atoms with van der Waals surface area (Å²) >= 11 is 0. The highest BCUT2D eigenvalue weighted by Crippen LogP contribution is 2.19. The van der Waals surface area contributed by atoms with Gasteiger partial charge in [0, 0.05) is 13.1 Å². The summed E-state index contributed by atoms with van der Waals surface area (Å²) in [5.74, 6) is 0.599. The summed E-state index contributed by atoms with van der Waals surface area (Å²) < 4.78 is 5.18. The number of carboxylic acid groups (broad SMARTS) is 1. The van der Waals surface area contributed by atoms with E-state index in [1.807, 2.05) is 12.1 Å². The Labute approximate surface area is 122 Å². The maximum Gasteiger partial charge on any atom is 0.338 e. The normalized spacial score (nSPS) is 14.4. The van der Waals surface area contributed by atoms with Crippen molar-refractivity contribution in [3.05, 3.63) is 42.0 Å². The SMILES string of the molecule is O=C(O)c1coc(CNc2ccc(N3CCCC3)nc2)c1. The lowest BCUT2D eigenvalue weighted by Crippen LogP contribution is -2.18. The minimum absolute atomic E-state index is 0.161. The third kappa shape index (κ3) is 3.16. The van der Waals surface area contributed by atoms with Gasteiger partial charge in [0.05, 0.1) is 24.0 Å². The van der Waals surface area contributed by atoms with Crippen LogP contribution in [0.5, 0.6) is 0 Å². The number of pyridine rings is 1. The minimum atomic E-state index is -0.985. The van der Waals surface area contributed by atoms with Gasteiger partial charge >= 0.3 is 5.97 Å².